The molecule has 1 aromatic carbocycles. The highest BCUT2D eigenvalue weighted by Gasteiger charge is 2.27. The predicted octanol–water partition coefficient (Wildman–Crippen LogP) is 2.36. The van der Waals surface area contributed by atoms with Crippen LogP contribution in [0.1, 0.15) is 33.8 Å². The molecule has 1 aromatic heterocycles. The lowest BCUT2D eigenvalue weighted by Gasteiger charge is -2.31. The minimum absolute atomic E-state index is 0.0782. The van der Waals surface area contributed by atoms with Gasteiger partial charge < -0.3 is 14.6 Å². The molecule has 2 amide bonds. The van der Waals surface area contributed by atoms with Gasteiger partial charge in [0.2, 0.25) is 0 Å². The number of furan rings is 1. The van der Waals surface area contributed by atoms with Gasteiger partial charge in [-0.3, -0.25) is 19.7 Å². The molecular formula is C17H16FN3O5. The Morgan fingerprint density at radius 2 is 1.81 bits per heavy atom. The van der Waals surface area contributed by atoms with Gasteiger partial charge in [-0.25, -0.2) is 4.39 Å². The number of piperidine rings is 1. The molecule has 0 saturated carbocycles. The number of carbonyl (C=O) groups is 2. The fourth-order valence-corrected chi connectivity index (χ4v) is 2.79. The van der Waals surface area contributed by atoms with Crippen LogP contribution in [0.5, 0.6) is 0 Å². The Hall–Kier alpha value is -3.23. The number of amides is 2. The summed E-state index contributed by atoms with van der Waals surface area (Å²) in [6, 6.07) is 7.58. The van der Waals surface area contributed by atoms with E-state index in [2.05, 4.69) is 5.32 Å². The highest BCUT2D eigenvalue weighted by molar-refractivity contribution is 5.94. The maximum atomic E-state index is 12.9. The van der Waals surface area contributed by atoms with E-state index in [0.29, 0.717) is 31.5 Å². The molecule has 1 saturated heterocycles. The van der Waals surface area contributed by atoms with E-state index in [9.17, 15) is 24.1 Å². The second kappa shape index (κ2) is 7.34. The molecular weight excluding hydrogens is 345 g/mol. The second-order valence-electron chi connectivity index (χ2n) is 5.94. The third-order valence-electron chi connectivity index (χ3n) is 4.21. The lowest BCUT2D eigenvalue weighted by Crippen LogP contribution is -2.46. The van der Waals surface area contributed by atoms with Crippen molar-refractivity contribution in [2.45, 2.75) is 18.9 Å². The number of likely N-dealkylation sites (tertiary alicyclic amines) is 1. The molecule has 3 rings (SSSR count). The summed E-state index contributed by atoms with van der Waals surface area (Å²) in [4.78, 5) is 35.9. The summed E-state index contributed by atoms with van der Waals surface area (Å²) in [5.41, 5.74) is 0.368. The van der Waals surface area contributed by atoms with E-state index in [0.717, 1.165) is 6.07 Å². The Bertz CT molecular complexity index is 825. The van der Waals surface area contributed by atoms with E-state index in [1.54, 1.807) is 0 Å². The first kappa shape index (κ1) is 17.6. The summed E-state index contributed by atoms with van der Waals surface area (Å²) in [6.45, 7) is 0.781. The van der Waals surface area contributed by atoms with Crippen molar-refractivity contribution in [2.75, 3.05) is 13.1 Å². The lowest BCUT2D eigenvalue weighted by molar-refractivity contribution is -0.402. The number of halogens is 1. The van der Waals surface area contributed by atoms with Crippen LogP contribution in [-0.4, -0.2) is 40.8 Å². The van der Waals surface area contributed by atoms with Gasteiger partial charge in [0.1, 0.15) is 10.7 Å². The molecule has 0 radical (unpaired) electrons. The minimum Gasteiger partial charge on any atom is -0.395 e. The topological polar surface area (TPSA) is 106 Å². The van der Waals surface area contributed by atoms with Crippen molar-refractivity contribution in [3.63, 3.8) is 0 Å². The van der Waals surface area contributed by atoms with Gasteiger partial charge >= 0.3 is 5.88 Å². The standard InChI is InChI=1S/C17H16FN3O5/c18-12-3-1-11(2-4-12)16(22)19-13-7-9-20(10-8-13)17(23)14-5-6-15(26-14)21(24)25/h1-6,13H,7-10H2,(H,19,22). The van der Waals surface area contributed by atoms with Gasteiger partial charge in [0, 0.05) is 24.7 Å². The van der Waals surface area contributed by atoms with Gasteiger partial charge in [-0.2, -0.15) is 0 Å². The molecule has 0 atom stereocenters. The van der Waals surface area contributed by atoms with E-state index in [1.807, 2.05) is 0 Å². The van der Waals surface area contributed by atoms with Gasteiger partial charge in [0.05, 0.1) is 6.07 Å². The monoisotopic (exact) mass is 361 g/mol. The second-order valence-corrected chi connectivity index (χ2v) is 5.94. The highest BCUT2D eigenvalue weighted by atomic mass is 19.1. The average molecular weight is 361 g/mol. The summed E-state index contributed by atoms with van der Waals surface area (Å²) in [5, 5.41) is 13.5. The number of nitrogens with zero attached hydrogens (tertiary/aromatic N) is 2. The van der Waals surface area contributed by atoms with E-state index in [1.165, 1.54) is 35.2 Å². The summed E-state index contributed by atoms with van der Waals surface area (Å²) < 4.78 is 17.8. The summed E-state index contributed by atoms with van der Waals surface area (Å²) >= 11 is 0. The Balaban J connectivity index is 1.53. The average Bonchev–Trinajstić information content (AvgIpc) is 3.13. The Kier molecular flexibility index (Phi) is 4.97. The quantitative estimate of drug-likeness (QED) is 0.665. The van der Waals surface area contributed by atoms with Gasteiger partial charge in [-0.1, -0.05) is 0 Å². The van der Waals surface area contributed by atoms with Crippen LogP contribution < -0.4 is 5.32 Å². The lowest BCUT2D eigenvalue weighted by atomic mass is 10.0. The van der Waals surface area contributed by atoms with Crippen molar-refractivity contribution < 1.29 is 23.3 Å². The molecule has 9 heteroatoms. The molecule has 2 aromatic rings. The fourth-order valence-electron chi connectivity index (χ4n) is 2.79. The molecule has 26 heavy (non-hydrogen) atoms. The SMILES string of the molecule is O=C(NC1CCN(C(=O)c2ccc([N+](=O)[O-])o2)CC1)c1ccc(F)cc1. The molecule has 0 unspecified atom stereocenters. The van der Waals surface area contributed by atoms with Crippen LogP contribution in [0.4, 0.5) is 10.3 Å². The zero-order valence-corrected chi connectivity index (χ0v) is 13.7. The molecule has 0 bridgehead atoms. The molecule has 8 nitrogen and oxygen atoms in total. The van der Waals surface area contributed by atoms with Gasteiger partial charge in [-0.15, -0.1) is 0 Å². The predicted molar refractivity (Wildman–Crippen MR) is 88.2 cm³/mol. The van der Waals surface area contributed by atoms with Crippen molar-refractivity contribution in [3.05, 3.63) is 63.7 Å². The molecule has 0 aliphatic carbocycles. The number of benzene rings is 1. The van der Waals surface area contributed by atoms with Crippen LogP contribution >= 0.6 is 0 Å². The number of nitro groups is 1. The van der Waals surface area contributed by atoms with Gasteiger partial charge in [0.15, 0.2) is 5.76 Å². The molecule has 136 valence electrons. The first-order valence-corrected chi connectivity index (χ1v) is 8.04. The number of rotatable bonds is 4. The summed E-state index contributed by atoms with van der Waals surface area (Å²) in [7, 11) is 0. The smallest absolute Gasteiger partial charge is 0.395 e. The largest absolute Gasteiger partial charge is 0.433 e. The van der Waals surface area contributed by atoms with Crippen LogP contribution in [0.2, 0.25) is 0 Å². The van der Waals surface area contributed by atoms with E-state index in [-0.39, 0.29) is 17.7 Å². The minimum atomic E-state index is -0.700. The molecule has 1 aliphatic heterocycles. The van der Waals surface area contributed by atoms with E-state index < -0.39 is 22.5 Å². The van der Waals surface area contributed by atoms with Crippen molar-refractivity contribution >= 4 is 17.7 Å². The normalized spacial score (nSPS) is 14.9. The summed E-state index contributed by atoms with van der Waals surface area (Å²) in [5.74, 6) is -1.68. The third-order valence-corrected chi connectivity index (χ3v) is 4.21. The highest BCUT2D eigenvalue weighted by Crippen LogP contribution is 2.20. The first-order valence-electron chi connectivity index (χ1n) is 8.04. The third kappa shape index (κ3) is 3.88. The molecule has 1 fully saturated rings. The van der Waals surface area contributed by atoms with Crippen molar-refractivity contribution in [2.24, 2.45) is 0 Å². The zero-order chi connectivity index (χ0) is 18.7. The Morgan fingerprint density at radius 1 is 1.15 bits per heavy atom. The van der Waals surface area contributed by atoms with Crippen molar-refractivity contribution in [1.29, 1.82) is 0 Å². The van der Waals surface area contributed by atoms with Crippen molar-refractivity contribution in [1.82, 2.24) is 10.2 Å². The molecule has 1 N–H and O–H groups in total. The fraction of sp³-hybridized carbons (Fsp3) is 0.294. The number of hydrogen-bond donors (Lipinski definition) is 1. The summed E-state index contributed by atoms with van der Waals surface area (Å²) in [6.07, 6.45) is 1.09. The van der Waals surface area contributed by atoms with Crippen LogP contribution in [0.3, 0.4) is 0 Å². The Morgan fingerprint density at radius 3 is 2.38 bits per heavy atom. The Labute approximate surface area is 147 Å². The zero-order valence-electron chi connectivity index (χ0n) is 13.7. The number of nitrogens with one attached hydrogen (secondary N) is 1. The van der Waals surface area contributed by atoms with Crippen LogP contribution in [0.15, 0.2) is 40.8 Å². The van der Waals surface area contributed by atoms with Crippen LogP contribution in [0, 0.1) is 15.9 Å². The molecule has 2 heterocycles. The number of hydrogen-bond acceptors (Lipinski definition) is 5. The van der Waals surface area contributed by atoms with E-state index >= 15 is 0 Å². The van der Waals surface area contributed by atoms with Crippen molar-refractivity contribution in [3.8, 4) is 0 Å². The van der Waals surface area contributed by atoms with Gasteiger partial charge in [-0.05, 0) is 43.2 Å². The van der Waals surface area contributed by atoms with E-state index in [4.69, 9.17) is 4.42 Å². The first-order chi connectivity index (χ1) is 12.4. The number of carbonyl (C=O) groups excluding carboxylic acids is 2. The molecule has 0 spiro atoms. The van der Waals surface area contributed by atoms with Gasteiger partial charge in [0.25, 0.3) is 11.8 Å². The maximum absolute atomic E-state index is 12.9. The molecule has 1 aliphatic rings. The van der Waals surface area contributed by atoms with Crippen LogP contribution in [-0.2, 0) is 0 Å². The van der Waals surface area contributed by atoms with Crippen LogP contribution in [0.25, 0.3) is 0 Å². The maximum Gasteiger partial charge on any atom is 0.433 e.